The van der Waals surface area contributed by atoms with Gasteiger partial charge in [-0.3, -0.25) is 0 Å². The molecule has 2 aromatic heterocycles. The number of nitrogen functional groups attached to an aromatic ring is 1. The third kappa shape index (κ3) is 1.11. The van der Waals surface area contributed by atoms with Crippen LogP contribution in [0.3, 0.4) is 0 Å². The lowest BCUT2D eigenvalue weighted by Gasteiger charge is -1.99. The number of aromatic nitrogens is 2. The van der Waals surface area contributed by atoms with Crippen molar-refractivity contribution in [2.45, 2.75) is 0 Å². The van der Waals surface area contributed by atoms with Gasteiger partial charge in [0.25, 0.3) is 0 Å². The second kappa shape index (κ2) is 2.88. The molecular weight excluding hydrogens is 190 g/mol. The Hall–Kier alpha value is -2.23. The summed E-state index contributed by atoms with van der Waals surface area (Å²) in [6, 6.07) is 8.03. The number of aromatic amines is 1. The van der Waals surface area contributed by atoms with Crippen LogP contribution in [0.25, 0.3) is 22.0 Å². The van der Waals surface area contributed by atoms with Crippen LogP contribution in [0.1, 0.15) is 0 Å². The lowest BCUT2D eigenvalue weighted by Crippen LogP contribution is -1.85. The van der Waals surface area contributed by atoms with Crippen LogP contribution in [-0.2, 0) is 0 Å². The highest BCUT2D eigenvalue weighted by molar-refractivity contribution is 5.95. The largest absolute Gasteiger partial charge is 0.367 e. The molecule has 74 valence electrons. The molecule has 0 amide bonds. The molecule has 0 saturated heterocycles. The molecule has 2 heterocycles. The predicted octanol–water partition coefficient (Wildman–Crippen LogP) is 2.41. The molecule has 0 fully saturated rings. The van der Waals surface area contributed by atoms with E-state index in [0.29, 0.717) is 5.88 Å². The molecule has 1 aromatic carbocycles. The molecule has 0 aliphatic rings. The van der Waals surface area contributed by atoms with Crippen LogP contribution in [0.15, 0.2) is 41.2 Å². The first-order valence-electron chi connectivity index (χ1n) is 4.63. The van der Waals surface area contributed by atoms with Gasteiger partial charge in [-0.15, -0.1) is 0 Å². The van der Waals surface area contributed by atoms with E-state index in [1.807, 2.05) is 30.5 Å². The highest BCUT2D eigenvalue weighted by atomic mass is 16.5. The number of benzene rings is 1. The number of nitrogens with two attached hydrogens (primary N) is 1. The van der Waals surface area contributed by atoms with Gasteiger partial charge in [0.1, 0.15) is 0 Å². The number of fused-ring (bicyclic) bond motifs is 1. The van der Waals surface area contributed by atoms with E-state index >= 15 is 0 Å². The average molecular weight is 199 g/mol. The Bertz CT molecular complexity index is 609. The number of rotatable bonds is 1. The summed E-state index contributed by atoms with van der Waals surface area (Å²) >= 11 is 0. The van der Waals surface area contributed by atoms with E-state index in [1.54, 1.807) is 6.20 Å². The minimum absolute atomic E-state index is 0.345. The van der Waals surface area contributed by atoms with E-state index in [0.717, 1.165) is 22.0 Å². The van der Waals surface area contributed by atoms with Crippen molar-refractivity contribution >= 4 is 16.8 Å². The fourth-order valence-corrected chi connectivity index (χ4v) is 1.76. The highest BCUT2D eigenvalue weighted by Gasteiger charge is 2.10. The van der Waals surface area contributed by atoms with Crippen molar-refractivity contribution in [3.63, 3.8) is 0 Å². The van der Waals surface area contributed by atoms with E-state index in [9.17, 15) is 0 Å². The number of nitrogens with zero attached hydrogens (tertiary/aromatic N) is 1. The second-order valence-corrected chi connectivity index (χ2v) is 3.35. The number of H-pyrrole nitrogens is 1. The van der Waals surface area contributed by atoms with Crippen LogP contribution in [0.2, 0.25) is 0 Å². The van der Waals surface area contributed by atoms with Crippen molar-refractivity contribution in [3.05, 3.63) is 36.7 Å². The van der Waals surface area contributed by atoms with Crippen LogP contribution >= 0.6 is 0 Å². The van der Waals surface area contributed by atoms with Crippen molar-refractivity contribution in [2.24, 2.45) is 0 Å². The number of hydrogen-bond donors (Lipinski definition) is 2. The molecule has 4 nitrogen and oxygen atoms in total. The molecule has 0 bridgehead atoms. The first-order valence-corrected chi connectivity index (χ1v) is 4.63. The molecule has 0 radical (unpaired) electrons. The lowest BCUT2D eigenvalue weighted by atomic mass is 10.1. The van der Waals surface area contributed by atoms with Crippen LogP contribution in [0.4, 0.5) is 5.88 Å². The molecule has 3 aromatic rings. The van der Waals surface area contributed by atoms with E-state index in [4.69, 9.17) is 10.3 Å². The van der Waals surface area contributed by atoms with Crippen molar-refractivity contribution in [1.82, 2.24) is 10.1 Å². The summed E-state index contributed by atoms with van der Waals surface area (Å²) in [6.07, 6.45) is 3.53. The fourth-order valence-electron chi connectivity index (χ4n) is 1.76. The van der Waals surface area contributed by atoms with Gasteiger partial charge in [-0.2, -0.15) is 0 Å². The van der Waals surface area contributed by atoms with Gasteiger partial charge in [-0.25, -0.2) is 0 Å². The molecular formula is C11H9N3O. The first-order chi connectivity index (χ1) is 7.36. The van der Waals surface area contributed by atoms with E-state index in [-0.39, 0.29) is 0 Å². The minimum Gasteiger partial charge on any atom is -0.367 e. The summed E-state index contributed by atoms with van der Waals surface area (Å²) in [4.78, 5) is 3.18. The van der Waals surface area contributed by atoms with Crippen LogP contribution < -0.4 is 5.73 Å². The lowest BCUT2D eigenvalue weighted by molar-refractivity contribution is 0.436. The van der Waals surface area contributed by atoms with E-state index < -0.39 is 0 Å². The summed E-state index contributed by atoms with van der Waals surface area (Å²) < 4.78 is 4.86. The zero-order valence-electron chi connectivity index (χ0n) is 7.90. The van der Waals surface area contributed by atoms with Crippen LogP contribution in [0.5, 0.6) is 0 Å². The number of para-hydroxylation sites is 1. The van der Waals surface area contributed by atoms with Crippen molar-refractivity contribution in [3.8, 4) is 11.1 Å². The number of nitrogens with one attached hydrogen (secondary N) is 1. The maximum Gasteiger partial charge on any atom is 0.230 e. The predicted molar refractivity (Wildman–Crippen MR) is 58.2 cm³/mol. The Kier molecular flexibility index (Phi) is 1.56. The monoisotopic (exact) mass is 199 g/mol. The molecule has 4 heteroatoms. The van der Waals surface area contributed by atoms with Gasteiger partial charge in [-0.1, -0.05) is 23.4 Å². The van der Waals surface area contributed by atoms with Crippen molar-refractivity contribution < 1.29 is 4.52 Å². The van der Waals surface area contributed by atoms with Crippen LogP contribution in [-0.4, -0.2) is 10.1 Å². The van der Waals surface area contributed by atoms with Gasteiger partial charge in [0.15, 0.2) is 0 Å². The van der Waals surface area contributed by atoms with Gasteiger partial charge >= 0.3 is 0 Å². The van der Waals surface area contributed by atoms with Gasteiger partial charge in [0, 0.05) is 11.8 Å². The third-order valence-electron chi connectivity index (χ3n) is 2.48. The highest BCUT2D eigenvalue weighted by Crippen LogP contribution is 2.30. The summed E-state index contributed by atoms with van der Waals surface area (Å²) in [5, 5.41) is 4.82. The van der Waals surface area contributed by atoms with Crippen molar-refractivity contribution in [1.29, 1.82) is 0 Å². The maximum absolute atomic E-state index is 5.69. The summed E-state index contributed by atoms with van der Waals surface area (Å²) in [5.41, 5.74) is 8.57. The zero-order valence-corrected chi connectivity index (χ0v) is 7.90. The maximum atomic E-state index is 5.69. The Morgan fingerprint density at radius 2 is 2.13 bits per heavy atom. The standard InChI is InChI=1S/C11H9N3O/c12-11-9(6-14-15-11)8-3-1-2-7-4-5-13-10(7)8/h1-6,13H,12H2. The minimum atomic E-state index is 0.345. The Morgan fingerprint density at radius 3 is 2.93 bits per heavy atom. The molecule has 0 saturated carbocycles. The molecule has 0 aliphatic heterocycles. The fraction of sp³-hybridized carbons (Fsp3) is 0. The topological polar surface area (TPSA) is 67.8 Å². The zero-order chi connectivity index (χ0) is 10.3. The second-order valence-electron chi connectivity index (χ2n) is 3.35. The normalized spacial score (nSPS) is 10.9. The Balaban J connectivity index is 2.36. The molecule has 0 spiro atoms. The molecule has 0 aliphatic carbocycles. The van der Waals surface area contributed by atoms with Gasteiger partial charge in [-0.05, 0) is 11.5 Å². The number of anilines is 1. The van der Waals surface area contributed by atoms with Gasteiger partial charge < -0.3 is 15.2 Å². The average Bonchev–Trinajstić information content (AvgIpc) is 2.85. The van der Waals surface area contributed by atoms with E-state index in [2.05, 4.69) is 10.1 Å². The SMILES string of the molecule is Nc1oncc1-c1cccc2cc[nH]c12. The molecule has 0 unspecified atom stereocenters. The molecule has 3 rings (SSSR count). The summed E-state index contributed by atoms with van der Waals surface area (Å²) in [5.74, 6) is 0.345. The molecule has 15 heavy (non-hydrogen) atoms. The van der Waals surface area contributed by atoms with Crippen LogP contribution in [0, 0.1) is 0 Å². The smallest absolute Gasteiger partial charge is 0.230 e. The van der Waals surface area contributed by atoms with Gasteiger partial charge in [0.05, 0.1) is 17.3 Å². The van der Waals surface area contributed by atoms with Crippen molar-refractivity contribution in [2.75, 3.05) is 5.73 Å². The first kappa shape index (κ1) is 8.11. The quantitative estimate of drug-likeness (QED) is 0.632. The third-order valence-corrected chi connectivity index (χ3v) is 2.48. The van der Waals surface area contributed by atoms with Gasteiger partial charge in [0.2, 0.25) is 5.88 Å². The van der Waals surface area contributed by atoms with E-state index in [1.165, 1.54) is 0 Å². The summed E-state index contributed by atoms with van der Waals surface area (Å²) in [6.45, 7) is 0. The Morgan fingerprint density at radius 1 is 1.20 bits per heavy atom. The summed E-state index contributed by atoms with van der Waals surface area (Å²) in [7, 11) is 0. The Labute approximate surface area is 85.7 Å². The molecule has 3 N–H and O–H groups in total. The number of hydrogen-bond acceptors (Lipinski definition) is 3. The molecule has 0 atom stereocenters.